The maximum Gasteiger partial charge on any atom is 0.338 e. The van der Waals surface area contributed by atoms with Gasteiger partial charge in [0, 0.05) is 5.69 Å². The number of aryl methyl sites for hydroxylation is 1. The topological polar surface area (TPSA) is 73.6 Å². The third kappa shape index (κ3) is 3.45. The van der Waals surface area contributed by atoms with Crippen LogP contribution in [0.25, 0.3) is 6.08 Å². The molecule has 0 spiro atoms. The quantitative estimate of drug-likeness (QED) is 0.626. The van der Waals surface area contributed by atoms with Crippen molar-refractivity contribution in [2.24, 2.45) is 4.99 Å². The number of hydrogen-bond donors (Lipinski definition) is 0. The van der Waals surface area contributed by atoms with E-state index in [-0.39, 0.29) is 5.56 Å². The minimum Gasteiger partial charge on any atom is -0.466 e. The summed E-state index contributed by atoms with van der Waals surface area (Å²) in [6.07, 6.45) is 1.76. The van der Waals surface area contributed by atoms with E-state index in [1.165, 1.54) is 18.4 Å². The van der Waals surface area contributed by atoms with E-state index in [1.807, 2.05) is 55.5 Å². The van der Waals surface area contributed by atoms with Gasteiger partial charge in [-0.05, 0) is 37.6 Å². The fourth-order valence-corrected chi connectivity index (χ4v) is 4.45. The molecule has 1 aliphatic heterocycles. The molecule has 0 saturated carbocycles. The van der Waals surface area contributed by atoms with Gasteiger partial charge < -0.3 is 4.74 Å². The van der Waals surface area contributed by atoms with E-state index in [0.29, 0.717) is 26.3 Å². The van der Waals surface area contributed by atoms with Crippen LogP contribution < -0.4 is 14.9 Å². The lowest BCUT2D eigenvalue weighted by molar-refractivity contribution is -0.136. The minimum absolute atomic E-state index is 0.209. The Bertz CT molecular complexity index is 1300. The summed E-state index contributed by atoms with van der Waals surface area (Å²) in [5.41, 5.74) is 3.11. The van der Waals surface area contributed by atoms with Crippen LogP contribution >= 0.6 is 11.3 Å². The molecule has 1 atom stereocenters. The van der Waals surface area contributed by atoms with Gasteiger partial charge in [0.25, 0.3) is 5.56 Å². The van der Waals surface area contributed by atoms with Gasteiger partial charge in [-0.15, -0.1) is 0 Å². The van der Waals surface area contributed by atoms with Crippen molar-refractivity contribution in [1.82, 2.24) is 9.55 Å². The molecule has 29 heavy (non-hydrogen) atoms. The van der Waals surface area contributed by atoms with Gasteiger partial charge in [0.2, 0.25) is 0 Å². The Labute approximate surface area is 171 Å². The summed E-state index contributed by atoms with van der Waals surface area (Å²) in [4.78, 5) is 35.4. The Balaban J connectivity index is 1.98. The molecule has 6 nitrogen and oxygen atoms in total. The van der Waals surface area contributed by atoms with Crippen molar-refractivity contribution < 1.29 is 9.53 Å². The Morgan fingerprint density at radius 3 is 2.59 bits per heavy atom. The second kappa shape index (κ2) is 7.60. The smallest absolute Gasteiger partial charge is 0.338 e. The highest BCUT2D eigenvalue weighted by Crippen LogP contribution is 2.30. The third-order valence-electron chi connectivity index (χ3n) is 4.73. The van der Waals surface area contributed by atoms with Crippen molar-refractivity contribution in [3.8, 4) is 0 Å². The Morgan fingerprint density at radius 2 is 1.90 bits per heavy atom. The van der Waals surface area contributed by atoms with Crippen molar-refractivity contribution in [3.05, 3.63) is 96.4 Å². The lowest BCUT2D eigenvalue weighted by atomic mass is 9.96. The van der Waals surface area contributed by atoms with Crippen LogP contribution in [0.5, 0.6) is 0 Å². The lowest BCUT2D eigenvalue weighted by Gasteiger charge is -2.24. The standard InChI is InChI=1S/C22H19N3O3S/c1-13-8-7-11-16(23-13)12-17-20(26)25-19(15-9-5-4-6-10-15)18(21(27)28-3)14(2)24-22(25)29-17/h4-12,19H,1-3H3. The summed E-state index contributed by atoms with van der Waals surface area (Å²) in [7, 11) is 1.33. The average Bonchev–Trinajstić information content (AvgIpc) is 3.02. The summed E-state index contributed by atoms with van der Waals surface area (Å²) < 4.78 is 7.08. The number of esters is 1. The molecule has 3 aromatic rings. The van der Waals surface area contributed by atoms with Crippen molar-refractivity contribution in [2.45, 2.75) is 19.9 Å². The first kappa shape index (κ1) is 19.0. The van der Waals surface area contributed by atoms with Crippen molar-refractivity contribution in [3.63, 3.8) is 0 Å². The number of allylic oxidation sites excluding steroid dienone is 1. The molecule has 0 radical (unpaired) electrons. The normalized spacial score (nSPS) is 16.4. The molecule has 1 aromatic carbocycles. The van der Waals surface area contributed by atoms with E-state index >= 15 is 0 Å². The van der Waals surface area contributed by atoms with Crippen LogP contribution in [-0.4, -0.2) is 22.6 Å². The van der Waals surface area contributed by atoms with Gasteiger partial charge in [-0.3, -0.25) is 14.3 Å². The number of methoxy groups -OCH3 is 1. The molecule has 0 amide bonds. The van der Waals surface area contributed by atoms with Gasteiger partial charge in [0.15, 0.2) is 4.80 Å². The van der Waals surface area contributed by atoms with Crippen LogP contribution in [0.15, 0.2) is 69.6 Å². The van der Waals surface area contributed by atoms with Gasteiger partial charge in [-0.2, -0.15) is 0 Å². The predicted molar refractivity (Wildman–Crippen MR) is 111 cm³/mol. The number of thiazole rings is 1. The number of ether oxygens (including phenoxy) is 1. The van der Waals surface area contributed by atoms with Gasteiger partial charge in [0.1, 0.15) is 0 Å². The highest BCUT2D eigenvalue weighted by Gasteiger charge is 2.32. The minimum atomic E-state index is -0.590. The molecule has 146 valence electrons. The summed E-state index contributed by atoms with van der Waals surface area (Å²) >= 11 is 1.29. The highest BCUT2D eigenvalue weighted by molar-refractivity contribution is 7.07. The van der Waals surface area contributed by atoms with Crippen molar-refractivity contribution in [1.29, 1.82) is 0 Å². The lowest BCUT2D eigenvalue weighted by Crippen LogP contribution is -2.39. The summed E-state index contributed by atoms with van der Waals surface area (Å²) in [6, 6.07) is 14.5. The molecule has 4 rings (SSSR count). The summed E-state index contributed by atoms with van der Waals surface area (Å²) in [6.45, 7) is 3.67. The third-order valence-corrected chi connectivity index (χ3v) is 5.71. The number of hydrogen-bond acceptors (Lipinski definition) is 6. The molecule has 0 aliphatic carbocycles. The second-order valence-electron chi connectivity index (χ2n) is 6.69. The van der Waals surface area contributed by atoms with E-state index in [9.17, 15) is 9.59 Å². The van der Waals surface area contributed by atoms with E-state index in [0.717, 1.165) is 11.3 Å². The maximum atomic E-state index is 13.3. The van der Waals surface area contributed by atoms with E-state index in [4.69, 9.17) is 4.74 Å². The average molecular weight is 405 g/mol. The van der Waals surface area contributed by atoms with Crippen LogP contribution in [0.2, 0.25) is 0 Å². The number of nitrogens with zero attached hydrogens (tertiary/aromatic N) is 3. The van der Waals surface area contributed by atoms with Crippen molar-refractivity contribution in [2.75, 3.05) is 7.11 Å². The van der Waals surface area contributed by atoms with E-state index < -0.39 is 12.0 Å². The number of rotatable bonds is 3. The molecule has 0 bridgehead atoms. The van der Waals surface area contributed by atoms with Crippen LogP contribution in [-0.2, 0) is 9.53 Å². The Kier molecular flexibility index (Phi) is 4.98. The highest BCUT2D eigenvalue weighted by atomic mass is 32.1. The maximum absolute atomic E-state index is 13.3. The SMILES string of the molecule is COC(=O)C1=C(C)N=c2sc(=Cc3cccc(C)n3)c(=O)n2C1c1ccccc1. The van der Waals surface area contributed by atoms with E-state index in [1.54, 1.807) is 17.6 Å². The second-order valence-corrected chi connectivity index (χ2v) is 7.70. The number of fused-ring (bicyclic) bond motifs is 1. The van der Waals surface area contributed by atoms with Crippen LogP contribution in [0.4, 0.5) is 0 Å². The number of carbonyl (C=O) groups excluding carboxylic acids is 1. The molecule has 0 saturated heterocycles. The van der Waals surface area contributed by atoms with Crippen LogP contribution in [0, 0.1) is 6.92 Å². The zero-order valence-corrected chi connectivity index (χ0v) is 17.1. The molecule has 7 heteroatoms. The molecular formula is C22H19N3O3S. The van der Waals surface area contributed by atoms with Crippen LogP contribution in [0.3, 0.4) is 0 Å². The number of benzene rings is 1. The number of pyridine rings is 1. The molecule has 0 N–H and O–H groups in total. The molecule has 1 unspecified atom stereocenters. The molecular weight excluding hydrogens is 386 g/mol. The molecule has 3 heterocycles. The first-order valence-electron chi connectivity index (χ1n) is 9.09. The summed E-state index contributed by atoms with van der Waals surface area (Å²) in [5, 5.41) is 0. The van der Waals surface area contributed by atoms with E-state index in [2.05, 4.69) is 9.98 Å². The summed E-state index contributed by atoms with van der Waals surface area (Å²) in [5.74, 6) is -0.491. The van der Waals surface area contributed by atoms with Gasteiger partial charge in [0.05, 0.1) is 34.6 Å². The fourth-order valence-electron chi connectivity index (χ4n) is 3.42. The first-order valence-corrected chi connectivity index (χ1v) is 9.90. The Morgan fingerprint density at radius 1 is 1.14 bits per heavy atom. The van der Waals surface area contributed by atoms with Gasteiger partial charge in [-0.1, -0.05) is 47.7 Å². The Hall–Kier alpha value is -3.32. The number of aromatic nitrogens is 2. The predicted octanol–water partition coefficient (Wildman–Crippen LogP) is 2.11. The monoisotopic (exact) mass is 405 g/mol. The largest absolute Gasteiger partial charge is 0.466 e. The number of carbonyl (C=O) groups is 1. The molecule has 1 aliphatic rings. The van der Waals surface area contributed by atoms with Gasteiger partial charge in [-0.25, -0.2) is 9.79 Å². The fraction of sp³-hybridized carbons (Fsp3) is 0.182. The molecule has 2 aromatic heterocycles. The molecule has 0 fully saturated rings. The van der Waals surface area contributed by atoms with Crippen LogP contribution in [0.1, 0.15) is 29.9 Å². The zero-order valence-electron chi connectivity index (χ0n) is 16.2. The van der Waals surface area contributed by atoms with Gasteiger partial charge >= 0.3 is 5.97 Å². The van der Waals surface area contributed by atoms with Crippen molar-refractivity contribution >= 4 is 23.4 Å². The first-order chi connectivity index (χ1) is 14.0. The zero-order chi connectivity index (χ0) is 20.5.